The molecule has 2 aliphatic heterocycles. The van der Waals surface area contributed by atoms with Crippen LogP contribution in [0.15, 0.2) is 66.6 Å². The van der Waals surface area contributed by atoms with Gasteiger partial charge < -0.3 is 24.2 Å². The number of carbonyl (C=O) groups is 1. The summed E-state index contributed by atoms with van der Waals surface area (Å²) in [5, 5.41) is 9.77. The van der Waals surface area contributed by atoms with E-state index in [0.717, 1.165) is 29.1 Å². The third-order valence-electron chi connectivity index (χ3n) is 6.28. The second-order valence-electron chi connectivity index (χ2n) is 9.17. The minimum absolute atomic E-state index is 0.0284. The third-order valence-corrected chi connectivity index (χ3v) is 6.28. The molecule has 6 nitrogen and oxygen atoms in total. The van der Waals surface area contributed by atoms with Gasteiger partial charge in [-0.05, 0) is 49.9 Å². The van der Waals surface area contributed by atoms with Crippen LogP contribution in [0.3, 0.4) is 0 Å². The van der Waals surface area contributed by atoms with Crippen LogP contribution in [0.1, 0.15) is 37.8 Å². The van der Waals surface area contributed by atoms with Gasteiger partial charge in [-0.2, -0.15) is 0 Å². The van der Waals surface area contributed by atoms with Gasteiger partial charge in [-0.1, -0.05) is 42.5 Å². The number of ether oxygens (including phenoxy) is 3. The van der Waals surface area contributed by atoms with Crippen molar-refractivity contribution >= 4 is 5.91 Å². The maximum Gasteiger partial charge on any atom is 0.244 e. The number of carbonyl (C=O) groups excluding carboxylic acids is 1. The quantitative estimate of drug-likeness (QED) is 0.622. The van der Waals surface area contributed by atoms with Gasteiger partial charge in [-0.15, -0.1) is 0 Å². The topological polar surface area (TPSA) is 68.2 Å². The summed E-state index contributed by atoms with van der Waals surface area (Å²) < 4.78 is 17.7. The van der Waals surface area contributed by atoms with E-state index >= 15 is 0 Å². The summed E-state index contributed by atoms with van der Waals surface area (Å²) in [6.45, 7) is 5.14. The molecule has 2 unspecified atom stereocenters. The molecule has 2 aromatic rings. The van der Waals surface area contributed by atoms with Gasteiger partial charge in [-0.3, -0.25) is 4.79 Å². The largest absolute Gasteiger partial charge is 0.491 e. The zero-order valence-corrected chi connectivity index (χ0v) is 19.4. The van der Waals surface area contributed by atoms with Crippen LogP contribution in [-0.2, 0) is 27.1 Å². The number of amides is 1. The first kappa shape index (κ1) is 23.2. The van der Waals surface area contributed by atoms with Crippen molar-refractivity contribution in [3.63, 3.8) is 0 Å². The van der Waals surface area contributed by atoms with E-state index in [2.05, 4.69) is 0 Å². The maximum absolute atomic E-state index is 13.1. The van der Waals surface area contributed by atoms with Gasteiger partial charge in [0.05, 0.1) is 17.9 Å². The highest BCUT2D eigenvalue weighted by molar-refractivity contribution is 5.79. The molecule has 33 heavy (non-hydrogen) atoms. The van der Waals surface area contributed by atoms with Gasteiger partial charge in [0.25, 0.3) is 0 Å². The molecule has 6 heteroatoms. The molecule has 2 heterocycles. The van der Waals surface area contributed by atoms with Crippen LogP contribution in [0, 0.1) is 5.41 Å². The number of nitrogens with zero attached hydrogens (tertiary/aromatic N) is 1. The van der Waals surface area contributed by atoms with Crippen molar-refractivity contribution in [3.8, 4) is 5.75 Å². The summed E-state index contributed by atoms with van der Waals surface area (Å²) in [7, 11) is 0. The predicted octanol–water partition coefficient (Wildman–Crippen LogP) is 4.07. The van der Waals surface area contributed by atoms with E-state index in [1.165, 1.54) is 0 Å². The fraction of sp³-hybridized carbons (Fsp3) is 0.444. The minimum atomic E-state index is -0.418. The second-order valence-corrected chi connectivity index (χ2v) is 9.17. The molecule has 0 aliphatic carbocycles. The van der Waals surface area contributed by atoms with Gasteiger partial charge in [0.2, 0.25) is 12.2 Å². The zero-order chi connectivity index (χ0) is 23.3. The van der Waals surface area contributed by atoms with E-state index < -0.39 is 5.41 Å². The van der Waals surface area contributed by atoms with Crippen molar-refractivity contribution in [1.82, 2.24) is 4.90 Å². The normalized spacial score (nSPS) is 22.1. The molecule has 0 spiro atoms. The van der Waals surface area contributed by atoms with Crippen LogP contribution >= 0.6 is 0 Å². The molecule has 0 saturated carbocycles. The van der Waals surface area contributed by atoms with Crippen LogP contribution < -0.4 is 4.74 Å². The lowest BCUT2D eigenvalue weighted by Crippen LogP contribution is -2.35. The summed E-state index contributed by atoms with van der Waals surface area (Å²) in [5.74, 6) is 1.58. The molecule has 0 radical (unpaired) electrons. The van der Waals surface area contributed by atoms with Crippen LogP contribution in [0.4, 0.5) is 0 Å². The van der Waals surface area contributed by atoms with Crippen molar-refractivity contribution in [3.05, 3.63) is 77.7 Å². The summed E-state index contributed by atoms with van der Waals surface area (Å²) in [6.07, 6.45) is 3.62. The molecule has 4 rings (SSSR count). The molecular formula is C27H33NO5. The molecule has 2 aromatic carbocycles. The molecule has 0 bridgehead atoms. The Morgan fingerprint density at radius 2 is 1.97 bits per heavy atom. The van der Waals surface area contributed by atoms with E-state index in [0.29, 0.717) is 32.4 Å². The first-order valence-corrected chi connectivity index (χ1v) is 11.7. The Kier molecular flexibility index (Phi) is 7.23. The summed E-state index contributed by atoms with van der Waals surface area (Å²) in [5.41, 5.74) is 1.65. The Morgan fingerprint density at radius 1 is 1.18 bits per heavy atom. The standard InChI is InChI=1S/C27H33NO5/c1-20(2)32-23-10-6-9-22(15-23)16-25(30)28-13-11-27(19-28,12-14-29)24-18-31-26(33-24)17-21-7-4-3-5-8-21/h3-10,15,18,20,26,29H,11-14,16-17,19H2,1-2H3. The lowest BCUT2D eigenvalue weighted by atomic mass is 9.82. The highest BCUT2D eigenvalue weighted by Crippen LogP contribution is 2.44. The fourth-order valence-electron chi connectivity index (χ4n) is 4.60. The van der Waals surface area contributed by atoms with E-state index in [4.69, 9.17) is 14.2 Å². The molecule has 2 aliphatic rings. The van der Waals surface area contributed by atoms with Crippen molar-refractivity contribution in [2.75, 3.05) is 19.7 Å². The number of hydrogen-bond acceptors (Lipinski definition) is 5. The Balaban J connectivity index is 1.38. The van der Waals surface area contributed by atoms with Crippen LogP contribution in [0.25, 0.3) is 0 Å². The molecular weight excluding hydrogens is 418 g/mol. The lowest BCUT2D eigenvalue weighted by Gasteiger charge is -2.29. The maximum atomic E-state index is 13.1. The average molecular weight is 452 g/mol. The Hall–Kier alpha value is -2.99. The molecule has 0 aromatic heterocycles. The number of likely N-dealkylation sites (tertiary alicyclic amines) is 1. The van der Waals surface area contributed by atoms with Crippen LogP contribution in [0.2, 0.25) is 0 Å². The number of rotatable bonds is 9. The molecule has 1 fully saturated rings. The van der Waals surface area contributed by atoms with Crippen LogP contribution in [-0.4, -0.2) is 48.0 Å². The lowest BCUT2D eigenvalue weighted by molar-refractivity contribution is -0.129. The SMILES string of the molecule is CC(C)Oc1cccc(CC(=O)N2CCC(CCO)(C3=COC(Cc4ccccc4)O3)C2)c1. The van der Waals surface area contributed by atoms with E-state index in [1.807, 2.05) is 73.3 Å². The van der Waals surface area contributed by atoms with Crippen molar-refractivity contribution in [1.29, 1.82) is 0 Å². The zero-order valence-electron chi connectivity index (χ0n) is 19.4. The first-order valence-electron chi connectivity index (χ1n) is 11.7. The van der Waals surface area contributed by atoms with Crippen molar-refractivity contribution < 1.29 is 24.1 Å². The van der Waals surface area contributed by atoms with E-state index in [1.54, 1.807) is 6.26 Å². The van der Waals surface area contributed by atoms with E-state index in [9.17, 15) is 9.90 Å². The predicted molar refractivity (Wildman–Crippen MR) is 125 cm³/mol. The highest BCUT2D eigenvalue weighted by Gasteiger charge is 2.46. The van der Waals surface area contributed by atoms with Crippen LogP contribution in [0.5, 0.6) is 5.75 Å². The molecule has 176 valence electrons. The average Bonchev–Trinajstić information content (AvgIpc) is 3.43. The number of aliphatic hydroxyl groups is 1. The number of benzene rings is 2. The smallest absolute Gasteiger partial charge is 0.244 e. The number of hydrogen-bond donors (Lipinski definition) is 1. The molecule has 2 atom stereocenters. The third kappa shape index (κ3) is 5.69. The van der Waals surface area contributed by atoms with Gasteiger partial charge in [0.1, 0.15) is 17.8 Å². The van der Waals surface area contributed by atoms with Gasteiger partial charge >= 0.3 is 0 Å². The monoisotopic (exact) mass is 451 g/mol. The molecule has 1 amide bonds. The Bertz CT molecular complexity index is 973. The number of aliphatic hydroxyl groups excluding tert-OH is 1. The van der Waals surface area contributed by atoms with Crippen molar-refractivity contribution in [2.24, 2.45) is 5.41 Å². The van der Waals surface area contributed by atoms with Gasteiger partial charge in [-0.25, -0.2) is 0 Å². The van der Waals surface area contributed by atoms with Gasteiger partial charge in [0, 0.05) is 26.1 Å². The minimum Gasteiger partial charge on any atom is -0.491 e. The fourth-order valence-corrected chi connectivity index (χ4v) is 4.60. The Labute approximate surface area is 195 Å². The summed E-state index contributed by atoms with van der Waals surface area (Å²) in [6, 6.07) is 17.8. The highest BCUT2D eigenvalue weighted by atomic mass is 16.7. The van der Waals surface area contributed by atoms with Gasteiger partial charge in [0.15, 0.2) is 0 Å². The second kappa shape index (κ2) is 10.3. The van der Waals surface area contributed by atoms with Crippen molar-refractivity contribution in [2.45, 2.75) is 51.9 Å². The first-order chi connectivity index (χ1) is 16.0. The van der Waals surface area contributed by atoms with E-state index in [-0.39, 0.29) is 24.9 Å². The molecule has 1 N–H and O–H groups in total. The summed E-state index contributed by atoms with van der Waals surface area (Å²) >= 11 is 0. The summed E-state index contributed by atoms with van der Waals surface area (Å²) in [4.78, 5) is 15.0. The Morgan fingerprint density at radius 3 is 2.73 bits per heavy atom. The molecule has 1 saturated heterocycles.